The van der Waals surface area contributed by atoms with E-state index < -0.39 is 0 Å². The van der Waals surface area contributed by atoms with E-state index in [0.717, 1.165) is 29.9 Å². The molecule has 0 fully saturated rings. The highest BCUT2D eigenvalue weighted by atomic mass is 16.5. The summed E-state index contributed by atoms with van der Waals surface area (Å²) < 4.78 is 5.90. The third-order valence-electron chi connectivity index (χ3n) is 3.69. The standard InChI is InChI=1S/C18H19NO2/c1-19-10-4-7-16-15-6-3-2-5-13(15)12-21-18-9-8-14(20)11-17(16)18/h2-3,5-9,11,19-20H,4,10,12H2,1H3/b16-7+. The number of ether oxygens (including phenoxy) is 1. The van der Waals surface area contributed by atoms with Gasteiger partial charge in [-0.15, -0.1) is 0 Å². The number of phenolic OH excluding ortho intramolecular Hbond substituents is 1. The van der Waals surface area contributed by atoms with E-state index in [4.69, 9.17) is 4.74 Å². The van der Waals surface area contributed by atoms with Crippen LogP contribution < -0.4 is 10.1 Å². The van der Waals surface area contributed by atoms with E-state index in [2.05, 4.69) is 23.5 Å². The Morgan fingerprint density at radius 2 is 2.05 bits per heavy atom. The predicted octanol–water partition coefficient (Wildman–Crippen LogP) is 3.33. The van der Waals surface area contributed by atoms with Crippen LogP contribution in [-0.4, -0.2) is 18.7 Å². The first-order valence-corrected chi connectivity index (χ1v) is 7.19. The van der Waals surface area contributed by atoms with Crippen LogP contribution in [0.4, 0.5) is 0 Å². The van der Waals surface area contributed by atoms with Crippen molar-refractivity contribution in [1.82, 2.24) is 5.32 Å². The van der Waals surface area contributed by atoms with E-state index in [0.29, 0.717) is 6.61 Å². The van der Waals surface area contributed by atoms with Crippen LogP contribution in [0, 0.1) is 0 Å². The van der Waals surface area contributed by atoms with Gasteiger partial charge in [-0.3, -0.25) is 0 Å². The average Bonchev–Trinajstić information content (AvgIpc) is 2.65. The molecule has 1 aliphatic heterocycles. The fraction of sp³-hybridized carbons (Fsp3) is 0.222. The van der Waals surface area contributed by atoms with Gasteiger partial charge in [0.1, 0.15) is 18.1 Å². The largest absolute Gasteiger partial charge is 0.508 e. The molecule has 1 aliphatic rings. The first-order chi connectivity index (χ1) is 10.3. The van der Waals surface area contributed by atoms with Gasteiger partial charge in [0.15, 0.2) is 0 Å². The molecule has 3 heteroatoms. The highest BCUT2D eigenvalue weighted by Gasteiger charge is 2.19. The smallest absolute Gasteiger partial charge is 0.127 e. The lowest BCUT2D eigenvalue weighted by molar-refractivity contribution is 0.306. The van der Waals surface area contributed by atoms with E-state index in [1.807, 2.05) is 25.2 Å². The van der Waals surface area contributed by atoms with Gasteiger partial charge < -0.3 is 15.2 Å². The van der Waals surface area contributed by atoms with Gasteiger partial charge >= 0.3 is 0 Å². The Bertz CT molecular complexity index is 677. The molecular weight excluding hydrogens is 262 g/mol. The average molecular weight is 281 g/mol. The van der Waals surface area contributed by atoms with Crippen molar-refractivity contribution in [2.24, 2.45) is 0 Å². The SMILES string of the molecule is CNCC/C=C1\c2ccccc2COc2ccc(O)cc21. The molecule has 0 aromatic heterocycles. The lowest BCUT2D eigenvalue weighted by atomic mass is 9.93. The van der Waals surface area contributed by atoms with Gasteiger partial charge in [-0.05, 0) is 54.9 Å². The fourth-order valence-corrected chi connectivity index (χ4v) is 2.64. The molecule has 0 amide bonds. The van der Waals surface area contributed by atoms with Crippen molar-refractivity contribution in [2.75, 3.05) is 13.6 Å². The summed E-state index contributed by atoms with van der Waals surface area (Å²) in [5.74, 6) is 1.08. The van der Waals surface area contributed by atoms with Crippen LogP contribution in [0.15, 0.2) is 48.5 Å². The molecule has 2 N–H and O–H groups in total. The molecule has 3 nitrogen and oxygen atoms in total. The number of phenols is 1. The number of rotatable bonds is 3. The number of aromatic hydroxyl groups is 1. The Hall–Kier alpha value is -2.26. The summed E-state index contributed by atoms with van der Waals surface area (Å²) in [5.41, 5.74) is 4.43. The molecule has 21 heavy (non-hydrogen) atoms. The molecular formula is C18H19NO2. The summed E-state index contributed by atoms with van der Waals surface area (Å²) in [4.78, 5) is 0. The number of hydrogen-bond donors (Lipinski definition) is 2. The van der Waals surface area contributed by atoms with Crippen LogP contribution in [0.25, 0.3) is 5.57 Å². The minimum absolute atomic E-state index is 0.260. The van der Waals surface area contributed by atoms with E-state index >= 15 is 0 Å². The summed E-state index contributed by atoms with van der Waals surface area (Å²) in [6.45, 7) is 1.47. The second-order valence-electron chi connectivity index (χ2n) is 5.14. The molecule has 0 saturated carbocycles. The lowest BCUT2D eigenvalue weighted by Crippen LogP contribution is -2.06. The Balaban J connectivity index is 2.14. The summed E-state index contributed by atoms with van der Waals surface area (Å²) in [6, 6.07) is 13.6. The van der Waals surface area contributed by atoms with Gasteiger partial charge in [0.2, 0.25) is 0 Å². The van der Waals surface area contributed by atoms with Crippen molar-refractivity contribution >= 4 is 5.57 Å². The third kappa shape index (κ3) is 2.78. The molecule has 108 valence electrons. The van der Waals surface area contributed by atoms with Gasteiger partial charge in [-0.2, -0.15) is 0 Å². The molecule has 0 spiro atoms. The van der Waals surface area contributed by atoms with Crippen molar-refractivity contribution < 1.29 is 9.84 Å². The van der Waals surface area contributed by atoms with Crippen LogP contribution >= 0.6 is 0 Å². The Morgan fingerprint density at radius 1 is 1.19 bits per heavy atom. The van der Waals surface area contributed by atoms with Crippen molar-refractivity contribution in [3.8, 4) is 11.5 Å². The Morgan fingerprint density at radius 3 is 2.90 bits per heavy atom. The molecule has 0 bridgehead atoms. The quantitative estimate of drug-likeness (QED) is 0.848. The van der Waals surface area contributed by atoms with Crippen LogP contribution in [0.5, 0.6) is 11.5 Å². The second-order valence-corrected chi connectivity index (χ2v) is 5.14. The van der Waals surface area contributed by atoms with Crippen LogP contribution in [-0.2, 0) is 6.61 Å². The Labute approximate surface area is 124 Å². The summed E-state index contributed by atoms with van der Waals surface area (Å²) in [6.07, 6.45) is 3.14. The maximum atomic E-state index is 9.82. The minimum atomic E-state index is 0.260. The molecule has 2 aromatic rings. The molecule has 1 heterocycles. The summed E-state index contributed by atoms with van der Waals surface area (Å²) in [7, 11) is 1.95. The zero-order valence-corrected chi connectivity index (χ0v) is 12.1. The molecule has 0 radical (unpaired) electrons. The third-order valence-corrected chi connectivity index (χ3v) is 3.69. The molecule has 0 unspecified atom stereocenters. The number of benzene rings is 2. The maximum absolute atomic E-state index is 9.82. The van der Waals surface area contributed by atoms with Crippen LogP contribution in [0.2, 0.25) is 0 Å². The van der Waals surface area contributed by atoms with Crippen molar-refractivity contribution in [3.05, 3.63) is 65.2 Å². The van der Waals surface area contributed by atoms with E-state index in [-0.39, 0.29) is 5.75 Å². The second kappa shape index (κ2) is 6.02. The summed E-state index contributed by atoms with van der Waals surface area (Å²) in [5, 5.41) is 13.0. The normalized spacial score (nSPS) is 15.0. The number of nitrogens with one attached hydrogen (secondary N) is 1. The lowest BCUT2D eigenvalue weighted by Gasteiger charge is -2.11. The molecule has 3 rings (SSSR count). The predicted molar refractivity (Wildman–Crippen MR) is 84.5 cm³/mol. The molecule has 0 saturated heterocycles. The van der Waals surface area contributed by atoms with Crippen molar-refractivity contribution in [1.29, 1.82) is 0 Å². The first kappa shape index (κ1) is 13.7. The topological polar surface area (TPSA) is 41.5 Å². The van der Waals surface area contributed by atoms with Crippen molar-refractivity contribution in [2.45, 2.75) is 13.0 Å². The van der Waals surface area contributed by atoms with E-state index in [9.17, 15) is 5.11 Å². The highest BCUT2D eigenvalue weighted by Crippen LogP contribution is 2.38. The number of hydrogen-bond acceptors (Lipinski definition) is 3. The van der Waals surface area contributed by atoms with Gasteiger partial charge in [-0.1, -0.05) is 30.3 Å². The highest BCUT2D eigenvalue weighted by molar-refractivity contribution is 5.85. The van der Waals surface area contributed by atoms with Crippen LogP contribution in [0.1, 0.15) is 23.1 Å². The van der Waals surface area contributed by atoms with Gasteiger partial charge in [0, 0.05) is 5.56 Å². The molecule has 0 atom stereocenters. The van der Waals surface area contributed by atoms with Gasteiger partial charge in [-0.25, -0.2) is 0 Å². The van der Waals surface area contributed by atoms with E-state index in [1.165, 1.54) is 11.1 Å². The monoisotopic (exact) mass is 281 g/mol. The van der Waals surface area contributed by atoms with Gasteiger partial charge in [0.05, 0.1) is 0 Å². The number of fused-ring (bicyclic) bond motifs is 2. The zero-order valence-electron chi connectivity index (χ0n) is 12.1. The first-order valence-electron chi connectivity index (χ1n) is 7.19. The fourth-order valence-electron chi connectivity index (χ4n) is 2.64. The maximum Gasteiger partial charge on any atom is 0.127 e. The summed E-state index contributed by atoms with van der Waals surface area (Å²) >= 11 is 0. The van der Waals surface area contributed by atoms with Gasteiger partial charge in [0.25, 0.3) is 0 Å². The molecule has 0 aliphatic carbocycles. The Kier molecular flexibility index (Phi) is 3.93. The van der Waals surface area contributed by atoms with E-state index in [1.54, 1.807) is 12.1 Å². The minimum Gasteiger partial charge on any atom is -0.508 e. The molecule has 2 aromatic carbocycles. The zero-order chi connectivity index (χ0) is 14.7. The van der Waals surface area contributed by atoms with Crippen molar-refractivity contribution in [3.63, 3.8) is 0 Å². The van der Waals surface area contributed by atoms with Crippen LogP contribution in [0.3, 0.4) is 0 Å².